The molecule has 36 heavy (non-hydrogen) atoms. The molecule has 190 valence electrons. The third-order valence-electron chi connectivity index (χ3n) is 6.21. The molecule has 1 aliphatic rings. The molecule has 0 radical (unpaired) electrons. The Morgan fingerprint density at radius 2 is 1.89 bits per heavy atom. The summed E-state index contributed by atoms with van der Waals surface area (Å²) in [6.45, 7) is 2.60. The number of benzene rings is 1. The van der Waals surface area contributed by atoms with Crippen molar-refractivity contribution in [3.63, 3.8) is 0 Å². The zero-order valence-corrected chi connectivity index (χ0v) is 22.4. The van der Waals surface area contributed by atoms with Gasteiger partial charge in [0.05, 0.1) is 23.2 Å². The van der Waals surface area contributed by atoms with Crippen LogP contribution in [0.2, 0.25) is 0 Å². The highest BCUT2D eigenvalue weighted by atomic mass is 127. The fourth-order valence-corrected chi connectivity index (χ4v) is 6.74. The van der Waals surface area contributed by atoms with Gasteiger partial charge in [-0.25, -0.2) is 35.9 Å². The van der Waals surface area contributed by atoms with Crippen molar-refractivity contribution in [2.45, 2.75) is 34.5 Å². The number of alkyl halides is 3. The molecule has 0 bridgehead atoms. The predicted octanol–water partition coefficient (Wildman–Crippen LogP) is 3.80. The van der Waals surface area contributed by atoms with Crippen molar-refractivity contribution >= 4 is 55.5 Å². The fraction of sp³-hybridized carbons (Fsp3) is 0.348. The number of urea groups is 1. The molecule has 1 aliphatic heterocycles. The molecule has 3 aromatic heterocycles. The molecule has 1 fully saturated rings. The minimum Gasteiger partial charge on any atom is -0.332 e. The molecule has 9 nitrogen and oxygen atoms in total. The van der Waals surface area contributed by atoms with Crippen molar-refractivity contribution in [3.05, 3.63) is 60.2 Å². The Hall–Kier alpha value is -2.81. The fourth-order valence-electron chi connectivity index (χ4n) is 4.38. The van der Waals surface area contributed by atoms with Crippen molar-refractivity contribution in [1.82, 2.24) is 28.6 Å². The van der Waals surface area contributed by atoms with E-state index in [4.69, 9.17) is 0 Å². The first kappa shape index (κ1) is 24.9. The van der Waals surface area contributed by atoms with Crippen LogP contribution in [0, 0.1) is 6.92 Å². The topological polar surface area (TPSA) is 102 Å². The van der Waals surface area contributed by atoms with Crippen LogP contribution in [-0.2, 0) is 10.0 Å². The number of carbonyl (C=O) groups is 1. The van der Waals surface area contributed by atoms with E-state index >= 15 is 0 Å². The number of fused-ring (bicyclic) bond motifs is 3. The minimum absolute atomic E-state index is 0.00280. The van der Waals surface area contributed by atoms with Gasteiger partial charge < -0.3 is 10.2 Å². The summed E-state index contributed by atoms with van der Waals surface area (Å²) < 4.78 is 56.0. The van der Waals surface area contributed by atoms with Crippen molar-refractivity contribution in [2.75, 3.05) is 19.6 Å². The van der Waals surface area contributed by atoms with Crippen LogP contribution in [0.25, 0.3) is 16.8 Å². The van der Waals surface area contributed by atoms with Gasteiger partial charge in [0.15, 0.2) is 11.3 Å². The van der Waals surface area contributed by atoms with E-state index in [9.17, 15) is 22.0 Å². The van der Waals surface area contributed by atoms with Crippen LogP contribution < -0.4 is 5.32 Å². The summed E-state index contributed by atoms with van der Waals surface area (Å²) in [5, 5.41) is 2.29. The summed E-state index contributed by atoms with van der Waals surface area (Å²) in [6.07, 6.45) is 4.68. The number of nitrogens with one attached hydrogen (secondary N) is 1. The molecule has 2 atom stereocenters. The second-order valence-corrected chi connectivity index (χ2v) is 12.4. The molecule has 4 aromatic rings. The first-order chi connectivity index (χ1) is 17.0. The number of rotatable bonds is 5. The van der Waals surface area contributed by atoms with Crippen molar-refractivity contribution in [3.8, 4) is 0 Å². The summed E-state index contributed by atoms with van der Waals surface area (Å²) in [5.74, 6) is -3.14. The van der Waals surface area contributed by atoms with Crippen molar-refractivity contribution in [1.29, 1.82) is 0 Å². The zero-order valence-electron chi connectivity index (χ0n) is 19.4. The second kappa shape index (κ2) is 8.94. The van der Waals surface area contributed by atoms with Gasteiger partial charge in [-0.05, 0) is 25.1 Å². The largest absolute Gasteiger partial charge is 0.332 e. The third kappa shape index (κ3) is 4.42. The lowest BCUT2D eigenvalue weighted by Crippen LogP contribution is -2.43. The van der Waals surface area contributed by atoms with Crippen LogP contribution in [-0.4, -0.2) is 67.2 Å². The molecule has 1 aromatic carbocycles. The molecule has 0 unspecified atom stereocenters. The Kier molecular flexibility index (Phi) is 6.17. The molecule has 1 saturated heterocycles. The number of amides is 2. The number of hydrogen-bond acceptors (Lipinski definition) is 5. The number of carbonyl (C=O) groups excluding carboxylic acids is 1. The van der Waals surface area contributed by atoms with Gasteiger partial charge in [0.25, 0.3) is 15.9 Å². The Bertz CT molecular complexity index is 1560. The molecular formula is C23H23F2IN6O3S. The maximum Gasteiger partial charge on any atom is 0.317 e. The van der Waals surface area contributed by atoms with Crippen LogP contribution >= 0.6 is 22.6 Å². The number of aromatic nitrogens is 4. The second-order valence-electron chi connectivity index (χ2n) is 9.03. The summed E-state index contributed by atoms with van der Waals surface area (Å²) in [7, 11) is -3.88. The lowest BCUT2D eigenvalue weighted by Gasteiger charge is -2.19. The monoisotopic (exact) mass is 628 g/mol. The number of nitrogens with zero attached hydrogens (tertiary/aromatic N) is 5. The predicted molar refractivity (Wildman–Crippen MR) is 138 cm³/mol. The van der Waals surface area contributed by atoms with Gasteiger partial charge in [-0.2, -0.15) is 0 Å². The van der Waals surface area contributed by atoms with Gasteiger partial charge in [0.1, 0.15) is 0 Å². The van der Waals surface area contributed by atoms with E-state index in [0.29, 0.717) is 24.3 Å². The van der Waals surface area contributed by atoms with E-state index in [1.54, 1.807) is 36.5 Å². The number of hydrogen-bond donors (Lipinski definition) is 1. The molecule has 4 heterocycles. The van der Waals surface area contributed by atoms with E-state index in [2.05, 4.69) is 37.9 Å². The van der Waals surface area contributed by atoms with Crippen LogP contribution in [0.3, 0.4) is 0 Å². The van der Waals surface area contributed by atoms with Crippen LogP contribution in [0.1, 0.15) is 24.1 Å². The maximum absolute atomic E-state index is 13.3. The number of aryl methyl sites for hydroxylation is 1. The maximum atomic E-state index is 13.3. The Labute approximate surface area is 219 Å². The third-order valence-corrected chi connectivity index (χ3v) is 9.15. The van der Waals surface area contributed by atoms with Crippen molar-refractivity contribution < 1.29 is 22.0 Å². The van der Waals surface area contributed by atoms with E-state index in [0.717, 1.165) is 22.2 Å². The molecule has 0 aliphatic carbocycles. The van der Waals surface area contributed by atoms with Gasteiger partial charge in [0.2, 0.25) is 0 Å². The summed E-state index contributed by atoms with van der Waals surface area (Å²) >= 11 is 2.25. The van der Waals surface area contributed by atoms with Crippen molar-refractivity contribution in [2.24, 2.45) is 0 Å². The number of likely N-dealkylation sites (tertiary alicyclic amines) is 1. The molecule has 0 spiro atoms. The first-order valence-electron chi connectivity index (χ1n) is 11.2. The molecule has 0 saturated carbocycles. The van der Waals surface area contributed by atoms with E-state index in [1.807, 2.05) is 11.3 Å². The van der Waals surface area contributed by atoms with Gasteiger partial charge in [0, 0.05) is 47.9 Å². The molecular weight excluding hydrogens is 605 g/mol. The first-order valence-corrected chi connectivity index (χ1v) is 13.8. The van der Waals surface area contributed by atoms with Crippen LogP contribution in [0.15, 0.2) is 53.8 Å². The Balaban J connectivity index is 1.51. The lowest BCUT2D eigenvalue weighted by molar-refractivity contribution is 0.0241. The molecule has 13 heteroatoms. The quantitative estimate of drug-likeness (QED) is 0.268. The minimum atomic E-state index is -3.88. The van der Waals surface area contributed by atoms with E-state index in [-0.39, 0.29) is 20.4 Å². The Morgan fingerprint density at radius 3 is 2.58 bits per heavy atom. The SMILES string of the molecule is Cc1ccc(S(=O)(=O)n2ccc3c2ncc2ncc([C@H]4CN(C(=O)NCC(C)(F)F)C[C@H]4I)n23)cc1. The van der Waals surface area contributed by atoms with Gasteiger partial charge in [-0.1, -0.05) is 40.3 Å². The van der Waals surface area contributed by atoms with Crippen LogP contribution in [0.5, 0.6) is 0 Å². The highest BCUT2D eigenvalue weighted by Gasteiger charge is 2.37. The Morgan fingerprint density at radius 1 is 1.17 bits per heavy atom. The molecule has 2 amide bonds. The van der Waals surface area contributed by atoms with E-state index in [1.165, 1.54) is 17.3 Å². The highest BCUT2D eigenvalue weighted by Crippen LogP contribution is 2.35. The van der Waals surface area contributed by atoms with Gasteiger partial charge >= 0.3 is 6.03 Å². The highest BCUT2D eigenvalue weighted by molar-refractivity contribution is 14.1. The van der Waals surface area contributed by atoms with Gasteiger partial charge in [-0.15, -0.1) is 0 Å². The van der Waals surface area contributed by atoms with Gasteiger partial charge in [-0.3, -0.25) is 4.40 Å². The summed E-state index contributed by atoms with van der Waals surface area (Å²) in [6, 6.07) is 7.73. The smallest absolute Gasteiger partial charge is 0.317 e. The molecule has 1 N–H and O–H groups in total. The number of halogens is 3. The number of imidazole rings is 1. The summed E-state index contributed by atoms with van der Waals surface area (Å²) in [4.78, 5) is 23.0. The standard InChI is InChI=1S/C23H23F2IN6O3S/c1-14-3-5-15(6-4-14)36(34,35)31-8-7-18-21(31)28-10-20-27-9-19(32(18)20)16-11-30(12-17(16)26)22(33)29-13-23(2,24)25/h3-10,16-17H,11-13H2,1-2H3,(H,29,33)/t16-,17+/m0/s1. The van der Waals surface area contributed by atoms with E-state index < -0.39 is 28.5 Å². The summed E-state index contributed by atoms with van der Waals surface area (Å²) in [5.41, 5.74) is 3.10. The lowest BCUT2D eigenvalue weighted by atomic mass is 10.1. The normalized spacial score (nSPS) is 18.9. The average molecular weight is 628 g/mol. The van der Waals surface area contributed by atoms with Crippen LogP contribution in [0.4, 0.5) is 13.6 Å². The zero-order chi connectivity index (χ0) is 25.8. The molecule has 5 rings (SSSR count). The average Bonchev–Trinajstić information content (AvgIpc) is 3.53.